The number of hydrogen-bond acceptors (Lipinski definition) is 3. The Morgan fingerprint density at radius 2 is 1.86 bits per heavy atom. The Kier molecular flexibility index (Phi) is 5.03. The molecular weight excluding hydrogens is 427 g/mol. The van der Waals surface area contributed by atoms with Gasteiger partial charge in [-0.2, -0.15) is 0 Å². The van der Waals surface area contributed by atoms with Gasteiger partial charge in [0.2, 0.25) is 10.0 Å². The minimum atomic E-state index is -3.75. The average Bonchev–Trinajstić information content (AvgIpc) is 2.40. The van der Waals surface area contributed by atoms with Gasteiger partial charge in [-0.1, -0.05) is 15.9 Å². The topological polar surface area (TPSA) is 72.2 Å². The van der Waals surface area contributed by atoms with Gasteiger partial charge in [-0.05, 0) is 52.3 Å². The maximum atomic E-state index is 13.6. The lowest BCUT2D eigenvalue weighted by atomic mass is 10.2. The van der Waals surface area contributed by atoms with Gasteiger partial charge in [0, 0.05) is 26.7 Å². The highest BCUT2D eigenvalue weighted by Crippen LogP contribution is 2.26. The van der Waals surface area contributed by atoms with Crippen LogP contribution in [-0.2, 0) is 16.6 Å². The number of primary sulfonamides is 1. The maximum absolute atomic E-state index is 13.6. The van der Waals surface area contributed by atoms with Crippen molar-refractivity contribution in [3.8, 4) is 0 Å². The number of benzene rings is 2. The van der Waals surface area contributed by atoms with Crippen LogP contribution < -0.4 is 10.5 Å². The van der Waals surface area contributed by atoms with Crippen molar-refractivity contribution in [3.05, 3.63) is 56.7 Å². The molecule has 0 bridgehead atoms. The third kappa shape index (κ3) is 4.26. The van der Waals surface area contributed by atoms with Gasteiger partial charge in [0.05, 0.1) is 4.90 Å². The highest BCUT2D eigenvalue weighted by atomic mass is 79.9. The molecule has 0 unspecified atom stereocenters. The molecule has 0 radical (unpaired) electrons. The lowest BCUT2D eigenvalue weighted by Crippen LogP contribution is -2.12. The average molecular weight is 438 g/mol. The Labute approximate surface area is 138 Å². The molecule has 0 heterocycles. The Balaban J connectivity index is 2.19. The van der Waals surface area contributed by atoms with E-state index in [9.17, 15) is 12.8 Å². The van der Waals surface area contributed by atoms with Crippen LogP contribution in [0.5, 0.6) is 0 Å². The predicted molar refractivity (Wildman–Crippen MR) is 86.9 cm³/mol. The summed E-state index contributed by atoms with van der Waals surface area (Å²) in [6.45, 7) is 0.262. The van der Waals surface area contributed by atoms with Crippen molar-refractivity contribution in [3.63, 3.8) is 0 Å². The van der Waals surface area contributed by atoms with Crippen LogP contribution in [0.25, 0.3) is 0 Å². The van der Waals surface area contributed by atoms with Gasteiger partial charge < -0.3 is 5.32 Å². The van der Waals surface area contributed by atoms with Gasteiger partial charge in [0.1, 0.15) is 5.82 Å². The Morgan fingerprint density at radius 3 is 2.48 bits per heavy atom. The molecule has 0 aliphatic carbocycles. The van der Waals surface area contributed by atoms with Gasteiger partial charge in [-0.25, -0.2) is 17.9 Å². The van der Waals surface area contributed by atoms with E-state index in [2.05, 4.69) is 37.2 Å². The van der Waals surface area contributed by atoms with E-state index in [1.54, 1.807) is 18.2 Å². The van der Waals surface area contributed by atoms with E-state index in [4.69, 9.17) is 5.14 Å². The molecular formula is C13H11Br2FN2O2S. The van der Waals surface area contributed by atoms with E-state index >= 15 is 0 Å². The molecule has 0 saturated heterocycles. The maximum Gasteiger partial charge on any atom is 0.238 e. The van der Waals surface area contributed by atoms with Crippen LogP contribution in [0, 0.1) is 5.82 Å². The number of halogens is 3. The predicted octanol–water partition coefficient (Wildman–Crippen LogP) is 3.61. The summed E-state index contributed by atoms with van der Waals surface area (Å²) >= 11 is 6.54. The fourth-order valence-corrected chi connectivity index (χ4v) is 3.30. The van der Waals surface area contributed by atoms with Crippen molar-refractivity contribution in [2.75, 3.05) is 5.32 Å². The first-order valence-electron chi connectivity index (χ1n) is 5.77. The van der Waals surface area contributed by atoms with Crippen LogP contribution in [0.3, 0.4) is 0 Å². The van der Waals surface area contributed by atoms with Gasteiger partial charge in [-0.3, -0.25) is 0 Å². The summed E-state index contributed by atoms with van der Waals surface area (Å²) in [5, 5.41) is 8.09. The fraction of sp³-hybridized carbons (Fsp3) is 0.0769. The smallest absolute Gasteiger partial charge is 0.238 e. The second-order valence-electron chi connectivity index (χ2n) is 4.28. The highest BCUT2D eigenvalue weighted by Gasteiger charge is 2.10. The summed E-state index contributed by atoms with van der Waals surface area (Å²) in [6.07, 6.45) is 0. The molecule has 8 heteroatoms. The van der Waals surface area contributed by atoms with Crippen molar-refractivity contribution in [2.24, 2.45) is 5.14 Å². The molecule has 3 N–H and O–H groups in total. The van der Waals surface area contributed by atoms with Crippen molar-refractivity contribution in [1.29, 1.82) is 0 Å². The molecule has 0 aromatic heterocycles. The van der Waals surface area contributed by atoms with E-state index < -0.39 is 10.0 Å². The van der Waals surface area contributed by atoms with Crippen LogP contribution >= 0.6 is 31.9 Å². The number of rotatable bonds is 4. The third-order valence-electron chi connectivity index (χ3n) is 2.75. The highest BCUT2D eigenvalue weighted by molar-refractivity contribution is 9.10. The SMILES string of the molecule is NS(=O)(=O)c1ccc(NCc2cc(Br)ccc2F)c(Br)c1. The molecule has 0 fully saturated rings. The second-order valence-corrected chi connectivity index (χ2v) is 7.61. The summed E-state index contributed by atoms with van der Waals surface area (Å²) in [7, 11) is -3.75. The van der Waals surface area contributed by atoms with E-state index in [1.807, 2.05) is 0 Å². The van der Waals surface area contributed by atoms with E-state index in [1.165, 1.54) is 18.2 Å². The Bertz CT molecular complexity index is 782. The first-order valence-corrected chi connectivity index (χ1v) is 8.91. The monoisotopic (exact) mass is 436 g/mol. The van der Waals surface area contributed by atoms with Gasteiger partial charge in [-0.15, -0.1) is 0 Å². The minimum Gasteiger partial charge on any atom is -0.380 e. The first-order chi connectivity index (χ1) is 9.77. The van der Waals surface area contributed by atoms with Crippen molar-refractivity contribution < 1.29 is 12.8 Å². The molecule has 112 valence electrons. The van der Waals surface area contributed by atoms with Gasteiger partial charge >= 0.3 is 0 Å². The zero-order valence-corrected chi connectivity index (χ0v) is 14.6. The molecule has 2 aromatic rings. The van der Waals surface area contributed by atoms with Crippen LogP contribution in [-0.4, -0.2) is 8.42 Å². The largest absolute Gasteiger partial charge is 0.380 e. The number of anilines is 1. The lowest BCUT2D eigenvalue weighted by Gasteiger charge is -2.10. The van der Waals surface area contributed by atoms with Crippen LogP contribution in [0.1, 0.15) is 5.56 Å². The quantitative estimate of drug-likeness (QED) is 0.767. The molecule has 0 amide bonds. The molecule has 0 saturated carbocycles. The Morgan fingerprint density at radius 1 is 1.14 bits per heavy atom. The van der Waals surface area contributed by atoms with Crippen LogP contribution in [0.4, 0.5) is 10.1 Å². The number of nitrogens with one attached hydrogen (secondary N) is 1. The number of nitrogens with two attached hydrogens (primary N) is 1. The molecule has 0 aliphatic heterocycles. The molecule has 0 aliphatic rings. The van der Waals surface area contributed by atoms with E-state index in [-0.39, 0.29) is 17.3 Å². The molecule has 0 atom stereocenters. The zero-order valence-electron chi connectivity index (χ0n) is 10.6. The Hall–Kier alpha value is -0.960. The lowest BCUT2D eigenvalue weighted by molar-refractivity contribution is 0.598. The molecule has 4 nitrogen and oxygen atoms in total. The van der Waals surface area contributed by atoms with Crippen molar-refractivity contribution >= 4 is 47.6 Å². The van der Waals surface area contributed by atoms with Crippen molar-refractivity contribution in [2.45, 2.75) is 11.4 Å². The second kappa shape index (κ2) is 6.43. The molecule has 0 spiro atoms. The normalized spacial score (nSPS) is 11.4. The minimum absolute atomic E-state index is 0.00793. The molecule has 2 rings (SSSR count). The van der Waals surface area contributed by atoms with E-state index in [0.29, 0.717) is 15.7 Å². The summed E-state index contributed by atoms with van der Waals surface area (Å²) < 4.78 is 37.4. The summed E-state index contributed by atoms with van der Waals surface area (Å²) in [4.78, 5) is 0.00793. The first kappa shape index (κ1) is 16.4. The van der Waals surface area contributed by atoms with Crippen LogP contribution in [0.2, 0.25) is 0 Å². The number of hydrogen-bond donors (Lipinski definition) is 2. The van der Waals surface area contributed by atoms with Gasteiger partial charge in [0.15, 0.2) is 0 Å². The molecule has 2 aromatic carbocycles. The summed E-state index contributed by atoms with van der Waals surface area (Å²) in [5.41, 5.74) is 1.13. The fourth-order valence-electron chi connectivity index (χ4n) is 1.69. The van der Waals surface area contributed by atoms with Crippen molar-refractivity contribution in [1.82, 2.24) is 0 Å². The molecule has 21 heavy (non-hydrogen) atoms. The van der Waals surface area contributed by atoms with E-state index in [0.717, 1.165) is 4.47 Å². The summed E-state index contributed by atoms with van der Waals surface area (Å²) in [6, 6.07) is 9.03. The number of sulfonamides is 1. The summed E-state index contributed by atoms with van der Waals surface area (Å²) in [5.74, 6) is -0.317. The zero-order chi connectivity index (χ0) is 15.6. The van der Waals surface area contributed by atoms with Gasteiger partial charge in [0.25, 0.3) is 0 Å². The van der Waals surface area contributed by atoms with Crippen LogP contribution in [0.15, 0.2) is 50.2 Å². The standard InChI is InChI=1S/C13H11Br2FN2O2S/c14-9-1-3-12(16)8(5-9)7-18-13-4-2-10(6-11(13)15)21(17,19)20/h1-6,18H,7H2,(H2,17,19,20). The third-order valence-corrected chi connectivity index (χ3v) is 4.81.